The molecule has 0 saturated carbocycles. The number of hydrogen-bond donors (Lipinski definition) is 1. The van der Waals surface area contributed by atoms with Gasteiger partial charge >= 0.3 is 0 Å². The van der Waals surface area contributed by atoms with Crippen molar-refractivity contribution < 1.29 is 9.53 Å². The van der Waals surface area contributed by atoms with Gasteiger partial charge in [-0.25, -0.2) is 9.97 Å². The number of likely N-dealkylation sites (tertiary alicyclic amines) is 1. The molecule has 2 aromatic heterocycles. The van der Waals surface area contributed by atoms with Gasteiger partial charge in [-0.15, -0.1) is 22.7 Å². The van der Waals surface area contributed by atoms with E-state index in [1.54, 1.807) is 11.3 Å². The van der Waals surface area contributed by atoms with E-state index in [2.05, 4.69) is 30.5 Å². The SMILES string of the molecule is Cc1nc(CN2CCC(C(=O)Nc3nc(CN4CCOCC4)cs3)CC2)cs1. The maximum absolute atomic E-state index is 12.6. The predicted octanol–water partition coefficient (Wildman–Crippen LogP) is 2.59. The number of nitrogens with zero attached hydrogens (tertiary/aromatic N) is 4. The summed E-state index contributed by atoms with van der Waals surface area (Å²) in [7, 11) is 0. The quantitative estimate of drug-likeness (QED) is 0.773. The zero-order chi connectivity index (χ0) is 19.3. The average molecular weight is 422 g/mol. The van der Waals surface area contributed by atoms with Crippen molar-refractivity contribution in [1.82, 2.24) is 19.8 Å². The van der Waals surface area contributed by atoms with Crippen LogP contribution in [0.2, 0.25) is 0 Å². The minimum atomic E-state index is 0.0695. The summed E-state index contributed by atoms with van der Waals surface area (Å²) in [4.78, 5) is 26.5. The molecule has 9 heteroatoms. The molecule has 0 atom stereocenters. The fourth-order valence-electron chi connectivity index (χ4n) is 3.70. The first kappa shape index (κ1) is 19.9. The number of rotatable bonds is 6. The largest absolute Gasteiger partial charge is 0.379 e. The first-order valence-electron chi connectivity index (χ1n) is 9.84. The molecule has 0 unspecified atom stereocenters. The van der Waals surface area contributed by atoms with Crippen LogP contribution in [0.3, 0.4) is 0 Å². The van der Waals surface area contributed by atoms with Crippen molar-refractivity contribution in [1.29, 1.82) is 0 Å². The van der Waals surface area contributed by atoms with E-state index in [9.17, 15) is 4.79 Å². The van der Waals surface area contributed by atoms with Gasteiger partial charge in [-0.2, -0.15) is 0 Å². The van der Waals surface area contributed by atoms with E-state index in [1.807, 2.05) is 12.3 Å². The first-order chi connectivity index (χ1) is 13.7. The number of carbonyl (C=O) groups excluding carboxylic acids is 1. The lowest BCUT2D eigenvalue weighted by molar-refractivity contribution is -0.121. The number of anilines is 1. The average Bonchev–Trinajstić information content (AvgIpc) is 3.32. The van der Waals surface area contributed by atoms with Gasteiger partial charge in [0, 0.05) is 42.9 Å². The third-order valence-corrected chi connectivity index (χ3v) is 6.91. The lowest BCUT2D eigenvalue weighted by atomic mass is 9.96. The molecule has 152 valence electrons. The number of morpholine rings is 1. The molecule has 1 N–H and O–H groups in total. The molecule has 0 aliphatic carbocycles. The number of piperidine rings is 1. The number of hydrogen-bond acceptors (Lipinski definition) is 8. The molecule has 1 amide bonds. The van der Waals surface area contributed by atoms with E-state index >= 15 is 0 Å². The van der Waals surface area contributed by atoms with Crippen LogP contribution in [-0.2, 0) is 22.6 Å². The smallest absolute Gasteiger partial charge is 0.229 e. The molecule has 0 radical (unpaired) electrons. The molecule has 28 heavy (non-hydrogen) atoms. The number of aromatic nitrogens is 2. The molecule has 2 saturated heterocycles. The van der Waals surface area contributed by atoms with Gasteiger partial charge in [0.25, 0.3) is 0 Å². The summed E-state index contributed by atoms with van der Waals surface area (Å²) in [6, 6.07) is 0. The van der Waals surface area contributed by atoms with Gasteiger partial charge in [0.05, 0.1) is 29.6 Å². The summed E-state index contributed by atoms with van der Waals surface area (Å²) >= 11 is 3.21. The summed E-state index contributed by atoms with van der Waals surface area (Å²) in [6.07, 6.45) is 1.78. The second-order valence-electron chi connectivity index (χ2n) is 7.43. The third-order valence-electron chi connectivity index (χ3n) is 5.28. The Morgan fingerprint density at radius 3 is 2.39 bits per heavy atom. The summed E-state index contributed by atoms with van der Waals surface area (Å²) < 4.78 is 5.38. The van der Waals surface area contributed by atoms with Crippen molar-refractivity contribution >= 4 is 33.7 Å². The van der Waals surface area contributed by atoms with Crippen molar-refractivity contribution in [3.63, 3.8) is 0 Å². The second-order valence-corrected chi connectivity index (χ2v) is 9.35. The zero-order valence-electron chi connectivity index (χ0n) is 16.2. The van der Waals surface area contributed by atoms with Crippen LogP contribution in [-0.4, -0.2) is 65.1 Å². The molecule has 7 nitrogen and oxygen atoms in total. The van der Waals surface area contributed by atoms with Crippen molar-refractivity contribution in [3.05, 3.63) is 27.2 Å². The normalized spacial score (nSPS) is 19.8. The molecule has 0 spiro atoms. The molecular weight excluding hydrogens is 394 g/mol. The Morgan fingerprint density at radius 1 is 1.07 bits per heavy atom. The van der Waals surface area contributed by atoms with E-state index in [-0.39, 0.29) is 11.8 Å². The summed E-state index contributed by atoms with van der Waals surface area (Å²) in [5, 5.41) is 9.04. The lowest BCUT2D eigenvalue weighted by Gasteiger charge is -2.30. The number of nitrogens with one attached hydrogen (secondary N) is 1. The first-order valence-corrected chi connectivity index (χ1v) is 11.6. The Balaban J connectivity index is 1.22. The van der Waals surface area contributed by atoms with Crippen LogP contribution in [0.25, 0.3) is 0 Å². The van der Waals surface area contributed by atoms with Crippen molar-refractivity contribution in [3.8, 4) is 0 Å². The molecule has 4 rings (SSSR count). The van der Waals surface area contributed by atoms with Crippen LogP contribution >= 0.6 is 22.7 Å². The minimum Gasteiger partial charge on any atom is -0.379 e. The van der Waals surface area contributed by atoms with Crippen LogP contribution in [0, 0.1) is 12.8 Å². The fraction of sp³-hybridized carbons (Fsp3) is 0.632. The highest BCUT2D eigenvalue weighted by atomic mass is 32.1. The number of amides is 1. The zero-order valence-corrected chi connectivity index (χ0v) is 17.9. The maximum atomic E-state index is 12.6. The van der Waals surface area contributed by atoms with Crippen LogP contribution in [0.5, 0.6) is 0 Å². The molecule has 2 aromatic rings. The van der Waals surface area contributed by atoms with Gasteiger partial charge in [0.2, 0.25) is 5.91 Å². The maximum Gasteiger partial charge on any atom is 0.229 e. The fourth-order valence-corrected chi connectivity index (χ4v) is 5.00. The van der Waals surface area contributed by atoms with Gasteiger partial charge in [-0.1, -0.05) is 0 Å². The van der Waals surface area contributed by atoms with Crippen LogP contribution < -0.4 is 5.32 Å². The van der Waals surface area contributed by atoms with Gasteiger partial charge in [-0.05, 0) is 32.9 Å². The topological polar surface area (TPSA) is 70.6 Å². The second kappa shape index (κ2) is 9.41. The predicted molar refractivity (Wildman–Crippen MR) is 112 cm³/mol. The summed E-state index contributed by atoms with van der Waals surface area (Å²) in [5.74, 6) is 0.177. The molecule has 0 aromatic carbocycles. The van der Waals surface area contributed by atoms with Crippen molar-refractivity contribution in [2.24, 2.45) is 5.92 Å². The van der Waals surface area contributed by atoms with Crippen molar-refractivity contribution in [2.45, 2.75) is 32.9 Å². The van der Waals surface area contributed by atoms with E-state index in [4.69, 9.17) is 4.74 Å². The van der Waals surface area contributed by atoms with Gasteiger partial charge in [0.15, 0.2) is 5.13 Å². The molecule has 4 heterocycles. The molecule has 2 aliphatic rings. The highest BCUT2D eigenvalue weighted by molar-refractivity contribution is 7.13. The highest BCUT2D eigenvalue weighted by Gasteiger charge is 2.26. The number of thiazole rings is 2. The van der Waals surface area contributed by atoms with Crippen LogP contribution in [0.4, 0.5) is 5.13 Å². The Labute approximate surface area is 173 Å². The van der Waals surface area contributed by atoms with E-state index in [0.717, 1.165) is 81.7 Å². The minimum absolute atomic E-state index is 0.0695. The number of ether oxygens (including phenoxy) is 1. The summed E-state index contributed by atoms with van der Waals surface area (Å²) in [6.45, 7) is 9.08. The van der Waals surface area contributed by atoms with Gasteiger partial charge < -0.3 is 10.1 Å². The Kier molecular flexibility index (Phi) is 6.69. The standard InChI is InChI=1S/C19H27N5O2S2/c1-14-20-16(12-27-14)10-23-4-2-15(3-5-23)18(25)22-19-21-17(13-28-19)11-24-6-8-26-9-7-24/h12-13,15H,2-11H2,1H3,(H,21,22,25). The third kappa shape index (κ3) is 5.36. The summed E-state index contributed by atoms with van der Waals surface area (Å²) in [5.41, 5.74) is 2.16. The Morgan fingerprint density at radius 2 is 1.71 bits per heavy atom. The van der Waals surface area contributed by atoms with Gasteiger partial charge in [-0.3, -0.25) is 14.6 Å². The van der Waals surface area contributed by atoms with Gasteiger partial charge in [0.1, 0.15) is 0 Å². The molecule has 0 bridgehead atoms. The Hall–Kier alpha value is -1.39. The molecule has 2 aliphatic heterocycles. The highest BCUT2D eigenvalue weighted by Crippen LogP contribution is 2.23. The lowest BCUT2D eigenvalue weighted by Crippen LogP contribution is -2.37. The van der Waals surface area contributed by atoms with E-state index in [1.165, 1.54) is 11.3 Å². The molecular formula is C19H27N5O2S2. The number of carbonyl (C=O) groups is 1. The Bertz CT molecular complexity index is 779. The van der Waals surface area contributed by atoms with Crippen LogP contribution in [0.1, 0.15) is 29.2 Å². The van der Waals surface area contributed by atoms with Crippen molar-refractivity contribution in [2.75, 3.05) is 44.7 Å². The van der Waals surface area contributed by atoms with Crippen LogP contribution in [0.15, 0.2) is 10.8 Å². The number of aryl methyl sites for hydroxylation is 1. The molecule has 2 fully saturated rings. The van der Waals surface area contributed by atoms with E-state index in [0.29, 0.717) is 5.13 Å². The monoisotopic (exact) mass is 421 g/mol. The van der Waals surface area contributed by atoms with E-state index < -0.39 is 0 Å².